The highest BCUT2D eigenvalue weighted by molar-refractivity contribution is 5.94. The lowest BCUT2D eigenvalue weighted by Gasteiger charge is -2.30. The minimum atomic E-state index is -4.55. The Kier molecular flexibility index (Phi) is 5.35. The summed E-state index contributed by atoms with van der Waals surface area (Å²) < 4.78 is 39.5. The molecule has 0 saturated heterocycles. The van der Waals surface area contributed by atoms with Crippen LogP contribution in [0.5, 0.6) is 0 Å². The number of rotatable bonds is 4. The van der Waals surface area contributed by atoms with E-state index in [1.807, 2.05) is 6.07 Å². The number of hydrogen-bond donors (Lipinski definition) is 2. The lowest BCUT2D eigenvalue weighted by molar-refractivity contribution is -0.137. The van der Waals surface area contributed by atoms with Gasteiger partial charge in [0.05, 0.1) is 23.0 Å². The van der Waals surface area contributed by atoms with Gasteiger partial charge in [-0.25, -0.2) is 15.0 Å². The van der Waals surface area contributed by atoms with Gasteiger partial charge in [-0.1, -0.05) is 12.8 Å². The van der Waals surface area contributed by atoms with Crippen molar-refractivity contribution in [1.82, 2.24) is 19.9 Å². The van der Waals surface area contributed by atoms with Crippen LogP contribution >= 0.6 is 0 Å². The quantitative estimate of drug-likeness (QED) is 0.635. The highest BCUT2D eigenvalue weighted by Gasteiger charge is 2.32. The first-order valence-corrected chi connectivity index (χ1v) is 9.86. The molecular formula is C21H19F3N6O. The maximum Gasteiger partial charge on any atom is 0.417 e. The molecule has 0 amide bonds. The van der Waals surface area contributed by atoms with Crippen molar-refractivity contribution < 1.29 is 18.0 Å². The number of hydrogen-bond acceptors (Lipinski definition) is 6. The van der Waals surface area contributed by atoms with Crippen LogP contribution < -0.4 is 5.32 Å². The van der Waals surface area contributed by atoms with Crippen molar-refractivity contribution in [2.24, 2.45) is 5.92 Å². The highest BCUT2D eigenvalue weighted by Crippen LogP contribution is 2.35. The molecule has 10 heteroatoms. The van der Waals surface area contributed by atoms with E-state index in [-0.39, 0.29) is 46.0 Å². The third kappa shape index (κ3) is 4.08. The van der Waals surface area contributed by atoms with Gasteiger partial charge in [0.25, 0.3) is 0 Å². The number of carbonyl (C=O) groups excluding carboxylic acids is 1. The van der Waals surface area contributed by atoms with E-state index in [1.165, 1.54) is 12.4 Å². The summed E-state index contributed by atoms with van der Waals surface area (Å²) in [7, 11) is 0. The number of alkyl halides is 3. The molecule has 3 aromatic heterocycles. The van der Waals surface area contributed by atoms with Crippen LogP contribution in [0.2, 0.25) is 0 Å². The molecule has 0 aromatic carbocycles. The minimum Gasteiger partial charge on any atom is -0.351 e. The number of anilines is 1. The first-order valence-electron chi connectivity index (χ1n) is 9.86. The summed E-state index contributed by atoms with van der Waals surface area (Å²) >= 11 is 0. The van der Waals surface area contributed by atoms with Crippen LogP contribution in [0.4, 0.5) is 19.1 Å². The smallest absolute Gasteiger partial charge is 0.351 e. The molecule has 2 N–H and O–H groups in total. The molecule has 3 heterocycles. The topological polar surface area (TPSA) is 107 Å². The number of aromatic nitrogens is 4. The number of aromatic amines is 1. The van der Waals surface area contributed by atoms with Gasteiger partial charge in [0.15, 0.2) is 0 Å². The molecule has 4 rings (SSSR count). The lowest BCUT2D eigenvalue weighted by Crippen LogP contribution is -2.36. The molecule has 0 aliphatic heterocycles. The Morgan fingerprint density at radius 3 is 2.74 bits per heavy atom. The van der Waals surface area contributed by atoms with Gasteiger partial charge in [0.2, 0.25) is 5.95 Å². The summed E-state index contributed by atoms with van der Waals surface area (Å²) in [6, 6.07) is 2.84. The predicted molar refractivity (Wildman–Crippen MR) is 107 cm³/mol. The predicted octanol–water partition coefficient (Wildman–Crippen LogP) is 4.47. The maximum atomic E-state index is 13.2. The summed E-state index contributed by atoms with van der Waals surface area (Å²) in [5.74, 6) is 0.165. The van der Waals surface area contributed by atoms with Gasteiger partial charge >= 0.3 is 6.18 Å². The number of halogens is 3. The molecule has 160 valence electrons. The zero-order valence-corrected chi connectivity index (χ0v) is 16.6. The summed E-state index contributed by atoms with van der Waals surface area (Å²) in [6.45, 7) is 1.56. The molecule has 0 spiro atoms. The van der Waals surface area contributed by atoms with E-state index in [4.69, 9.17) is 0 Å². The molecule has 31 heavy (non-hydrogen) atoms. The minimum absolute atomic E-state index is 0.0912. The normalized spacial score (nSPS) is 19.2. The molecule has 0 bridgehead atoms. The van der Waals surface area contributed by atoms with Gasteiger partial charge in [-0.2, -0.15) is 18.4 Å². The van der Waals surface area contributed by atoms with E-state index in [9.17, 15) is 23.2 Å². The summed E-state index contributed by atoms with van der Waals surface area (Å²) in [5, 5.41) is 12.9. The summed E-state index contributed by atoms with van der Waals surface area (Å²) in [6.07, 6.45) is 2.53. The first kappa shape index (κ1) is 20.8. The van der Waals surface area contributed by atoms with Crippen LogP contribution in [0.3, 0.4) is 0 Å². The second-order valence-corrected chi connectivity index (χ2v) is 7.64. The van der Waals surface area contributed by atoms with Crippen molar-refractivity contribution in [3.8, 4) is 17.3 Å². The molecule has 2 atom stereocenters. The zero-order chi connectivity index (χ0) is 22.2. The number of nitrogens with one attached hydrogen (secondary N) is 2. The van der Waals surface area contributed by atoms with Crippen molar-refractivity contribution in [2.45, 2.75) is 44.8 Å². The number of carbonyl (C=O) groups is 1. The second kappa shape index (κ2) is 7.98. The number of nitriles is 1. The average Bonchev–Trinajstić information content (AvgIpc) is 3.16. The van der Waals surface area contributed by atoms with E-state index in [0.29, 0.717) is 5.56 Å². The fourth-order valence-corrected chi connectivity index (χ4v) is 4.05. The molecule has 1 saturated carbocycles. The van der Waals surface area contributed by atoms with Crippen molar-refractivity contribution in [3.63, 3.8) is 0 Å². The van der Waals surface area contributed by atoms with E-state index < -0.39 is 11.7 Å². The molecule has 0 radical (unpaired) electrons. The van der Waals surface area contributed by atoms with Crippen molar-refractivity contribution >= 4 is 22.8 Å². The van der Waals surface area contributed by atoms with Crippen LogP contribution in [-0.2, 0) is 11.0 Å². The van der Waals surface area contributed by atoms with E-state index in [1.54, 1.807) is 6.92 Å². The zero-order valence-electron chi connectivity index (χ0n) is 16.6. The first-order chi connectivity index (χ1) is 14.8. The third-order valence-corrected chi connectivity index (χ3v) is 5.63. The van der Waals surface area contributed by atoms with Gasteiger partial charge in [-0.15, -0.1) is 0 Å². The number of fused-ring (bicyclic) bond motifs is 1. The fraction of sp³-hybridized carbons (Fsp3) is 0.381. The van der Waals surface area contributed by atoms with Crippen LogP contribution in [0.25, 0.3) is 22.3 Å². The van der Waals surface area contributed by atoms with Crippen molar-refractivity contribution in [1.29, 1.82) is 5.26 Å². The van der Waals surface area contributed by atoms with E-state index in [2.05, 4.69) is 25.3 Å². The molecule has 7 nitrogen and oxygen atoms in total. The fourth-order valence-electron chi connectivity index (χ4n) is 4.05. The van der Waals surface area contributed by atoms with E-state index in [0.717, 1.165) is 37.9 Å². The van der Waals surface area contributed by atoms with Gasteiger partial charge in [-0.05, 0) is 25.8 Å². The number of ketones is 1. The molecule has 1 aliphatic carbocycles. The standard InChI is InChI=1S/C21H19F3N6O/c1-11(31)14-4-2-3-5-17(14)29-20-28-8-12(7-25)18(30-20)16-10-27-19-15(16)6-13(9-26-19)21(22,23)24/h6,8-10,14,17H,2-5H2,1H3,(H,26,27)(H,28,29,30)/t14-,17+/m1/s1. The number of Topliss-reactive ketones (excluding diaryl/α,β-unsaturated/α-hetero) is 1. The number of nitrogens with zero attached hydrogens (tertiary/aromatic N) is 4. The summed E-state index contributed by atoms with van der Waals surface area (Å²) in [4.78, 5) is 27.3. The molecule has 3 aromatic rings. The summed E-state index contributed by atoms with van der Waals surface area (Å²) in [5.41, 5.74) is 0.00254. The Labute approximate surface area is 175 Å². The highest BCUT2D eigenvalue weighted by atomic mass is 19.4. The Morgan fingerprint density at radius 2 is 2.03 bits per heavy atom. The van der Waals surface area contributed by atoms with Crippen LogP contribution in [0.15, 0.2) is 24.7 Å². The van der Waals surface area contributed by atoms with Crippen molar-refractivity contribution in [2.75, 3.05) is 5.32 Å². The van der Waals surface area contributed by atoms with Crippen molar-refractivity contribution in [3.05, 3.63) is 35.8 Å². The number of H-pyrrole nitrogens is 1. The lowest BCUT2D eigenvalue weighted by atomic mass is 9.82. The average molecular weight is 428 g/mol. The molecule has 0 unspecified atom stereocenters. The molecule has 1 fully saturated rings. The van der Waals surface area contributed by atoms with Crippen LogP contribution in [-0.4, -0.2) is 31.8 Å². The van der Waals surface area contributed by atoms with Crippen LogP contribution in [0.1, 0.15) is 43.7 Å². The van der Waals surface area contributed by atoms with Crippen LogP contribution in [0, 0.1) is 17.2 Å². The SMILES string of the molecule is CC(=O)[C@H]1CCCC[C@@H]1Nc1ncc(C#N)c(-c2c[nH]c3ncc(C(F)(F)F)cc23)n1. The number of pyridine rings is 1. The van der Waals surface area contributed by atoms with Gasteiger partial charge in [-0.3, -0.25) is 4.79 Å². The largest absolute Gasteiger partial charge is 0.417 e. The third-order valence-electron chi connectivity index (χ3n) is 5.63. The Morgan fingerprint density at radius 1 is 1.26 bits per heavy atom. The second-order valence-electron chi connectivity index (χ2n) is 7.64. The molecule has 1 aliphatic rings. The van der Waals surface area contributed by atoms with E-state index >= 15 is 0 Å². The monoisotopic (exact) mass is 428 g/mol. The molecular weight excluding hydrogens is 409 g/mol. The Hall–Kier alpha value is -3.48. The maximum absolute atomic E-state index is 13.2. The van der Waals surface area contributed by atoms with Gasteiger partial charge in [0, 0.05) is 35.3 Å². The Bertz CT molecular complexity index is 1180. The Balaban J connectivity index is 1.75. The van der Waals surface area contributed by atoms with Gasteiger partial charge in [0.1, 0.15) is 17.5 Å². The van der Waals surface area contributed by atoms with Gasteiger partial charge < -0.3 is 10.3 Å².